The topological polar surface area (TPSA) is 80.4 Å². The zero-order chi connectivity index (χ0) is 20.1. The monoisotopic (exact) mass is 389 g/mol. The van der Waals surface area contributed by atoms with Gasteiger partial charge in [-0.3, -0.25) is 0 Å². The smallest absolute Gasteiger partial charge is 0.129 e. The van der Waals surface area contributed by atoms with Gasteiger partial charge >= 0.3 is 0 Å². The summed E-state index contributed by atoms with van der Waals surface area (Å²) in [7, 11) is 0. The van der Waals surface area contributed by atoms with Crippen LogP contribution in [0.15, 0.2) is 60.7 Å². The number of pyridine rings is 1. The maximum atomic E-state index is 9.89. The zero-order valence-corrected chi connectivity index (χ0v) is 16.5. The number of hydrogen-bond acceptors (Lipinski definition) is 5. The molecule has 2 heterocycles. The third-order valence-corrected chi connectivity index (χ3v) is 5.49. The minimum Gasteiger partial charge on any atom is -0.488 e. The van der Waals surface area contributed by atoms with Crippen molar-refractivity contribution in [2.45, 2.75) is 32.0 Å². The number of para-hydroxylation sites is 1. The van der Waals surface area contributed by atoms with Gasteiger partial charge in [-0.05, 0) is 54.6 Å². The number of hydrogen-bond donors (Lipinski definition) is 3. The molecule has 1 fully saturated rings. The predicted molar refractivity (Wildman–Crippen MR) is 116 cm³/mol. The molecule has 1 aliphatic rings. The highest BCUT2D eigenvalue weighted by Gasteiger charge is 2.22. The number of anilines is 1. The van der Waals surface area contributed by atoms with Crippen LogP contribution in [0, 0.1) is 0 Å². The minimum absolute atomic E-state index is 0.100. The number of aliphatic hydroxyl groups excluding tert-OH is 1. The van der Waals surface area contributed by atoms with Crippen LogP contribution in [0.5, 0.6) is 5.75 Å². The molecule has 0 saturated carbocycles. The SMILES string of the molecule is Nc1nc(-c2ccccc2OCc2ccccc2)cc(C2CCCNC2)c1CO. The third kappa shape index (κ3) is 4.42. The number of ether oxygens (including phenoxy) is 1. The summed E-state index contributed by atoms with van der Waals surface area (Å²) in [6, 6.07) is 20.1. The maximum absolute atomic E-state index is 9.89. The average Bonchev–Trinajstić information content (AvgIpc) is 2.78. The Hall–Kier alpha value is -2.89. The van der Waals surface area contributed by atoms with Crippen molar-refractivity contribution in [3.63, 3.8) is 0 Å². The minimum atomic E-state index is -0.100. The largest absolute Gasteiger partial charge is 0.488 e. The fraction of sp³-hybridized carbons (Fsp3) is 0.292. The first-order valence-electron chi connectivity index (χ1n) is 10.1. The van der Waals surface area contributed by atoms with Crippen LogP contribution < -0.4 is 15.8 Å². The van der Waals surface area contributed by atoms with Crippen molar-refractivity contribution in [2.24, 2.45) is 0 Å². The van der Waals surface area contributed by atoms with Crippen molar-refractivity contribution < 1.29 is 9.84 Å². The molecule has 1 aliphatic heterocycles. The lowest BCUT2D eigenvalue weighted by molar-refractivity contribution is 0.279. The van der Waals surface area contributed by atoms with E-state index in [0.717, 1.165) is 59.6 Å². The van der Waals surface area contributed by atoms with Gasteiger partial charge in [0.05, 0.1) is 12.3 Å². The Morgan fingerprint density at radius 2 is 1.90 bits per heavy atom. The van der Waals surface area contributed by atoms with Gasteiger partial charge in [-0.25, -0.2) is 4.98 Å². The number of nitrogen functional groups attached to an aromatic ring is 1. The molecule has 0 amide bonds. The van der Waals surface area contributed by atoms with Gasteiger partial charge in [0.1, 0.15) is 18.2 Å². The summed E-state index contributed by atoms with van der Waals surface area (Å²) in [4.78, 5) is 4.60. The number of nitrogens with zero attached hydrogens (tertiary/aromatic N) is 1. The van der Waals surface area contributed by atoms with Gasteiger partial charge in [0.15, 0.2) is 0 Å². The van der Waals surface area contributed by atoms with E-state index in [2.05, 4.69) is 16.4 Å². The highest BCUT2D eigenvalue weighted by molar-refractivity contribution is 5.70. The molecule has 0 bridgehead atoms. The zero-order valence-electron chi connectivity index (χ0n) is 16.5. The van der Waals surface area contributed by atoms with Gasteiger partial charge < -0.3 is 20.9 Å². The van der Waals surface area contributed by atoms with Crippen LogP contribution in [0.2, 0.25) is 0 Å². The maximum Gasteiger partial charge on any atom is 0.129 e. The third-order valence-electron chi connectivity index (χ3n) is 5.49. The van der Waals surface area contributed by atoms with Crippen LogP contribution in [0.1, 0.15) is 35.4 Å². The quantitative estimate of drug-likeness (QED) is 0.596. The molecule has 1 unspecified atom stereocenters. The Kier molecular flexibility index (Phi) is 6.08. The predicted octanol–water partition coefficient (Wildman–Crippen LogP) is 3.87. The molecule has 5 nitrogen and oxygen atoms in total. The molecule has 3 aromatic rings. The van der Waals surface area contributed by atoms with Gasteiger partial charge in [-0.15, -0.1) is 0 Å². The van der Waals surface area contributed by atoms with E-state index in [4.69, 9.17) is 10.5 Å². The number of nitrogens with one attached hydrogen (secondary N) is 1. The van der Waals surface area contributed by atoms with Crippen LogP contribution >= 0.6 is 0 Å². The van der Waals surface area contributed by atoms with Crippen molar-refractivity contribution in [1.82, 2.24) is 10.3 Å². The van der Waals surface area contributed by atoms with E-state index in [1.807, 2.05) is 54.6 Å². The van der Waals surface area contributed by atoms with E-state index in [-0.39, 0.29) is 6.61 Å². The summed E-state index contributed by atoms with van der Waals surface area (Å²) in [5, 5.41) is 13.3. The molecule has 1 aromatic heterocycles. The van der Waals surface area contributed by atoms with Crippen LogP contribution in [-0.2, 0) is 13.2 Å². The van der Waals surface area contributed by atoms with E-state index >= 15 is 0 Å². The van der Waals surface area contributed by atoms with Crippen molar-refractivity contribution in [3.05, 3.63) is 77.4 Å². The lowest BCUT2D eigenvalue weighted by Gasteiger charge is -2.26. The molecule has 1 atom stereocenters. The summed E-state index contributed by atoms with van der Waals surface area (Å²) >= 11 is 0. The number of nitrogens with two attached hydrogens (primary N) is 1. The lowest BCUT2D eigenvalue weighted by Crippen LogP contribution is -2.29. The Balaban J connectivity index is 1.68. The summed E-state index contributed by atoms with van der Waals surface area (Å²) in [6.07, 6.45) is 2.19. The van der Waals surface area contributed by atoms with Crippen molar-refractivity contribution in [1.29, 1.82) is 0 Å². The molecule has 150 valence electrons. The Bertz CT molecular complexity index is 954. The summed E-state index contributed by atoms with van der Waals surface area (Å²) in [5.41, 5.74) is 10.9. The summed E-state index contributed by atoms with van der Waals surface area (Å²) in [6.45, 7) is 2.31. The normalized spacial score (nSPS) is 16.5. The number of rotatable bonds is 6. The van der Waals surface area contributed by atoms with Gasteiger partial charge in [-0.1, -0.05) is 42.5 Å². The number of aliphatic hydroxyl groups is 1. The Morgan fingerprint density at radius 1 is 1.10 bits per heavy atom. The highest BCUT2D eigenvalue weighted by atomic mass is 16.5. The molecule has 0 aliphatic carbocycles. The van der Waals surface area contributed by atoms with E-state index in [1.165, 1.54) is 0 Å². The van der Waals surface area contributed by atoms with Crippen LogP contribution in [-0.4, -0.2) is 23.2 Å². The van der Waals surface area contributed by atoms with E-state index < -0.39 is 0 Å². The van der Waals surface area contributed by atoms with Gasteiger partial charge in [0.2, 0.25) is 0 Å². The molecule has 5 heteroatoms. The summed E-state index contributed by atoms with van der Waals surface area (Å²) < 4.78 is 6.12. The fourth-order valence-electron chi connectivity index (χ4n) is 3.94. The molecule has 4 rings (SSSR count). The Labute approximate surface area is 171 Å². The Morgan fingerprint density at radius 3 is 2.66 bits per heavy atom. The first-order valence-corrected chi connectivity index (χ1v) is 10.1. The van der Waals surface area contributed by atoms with Gasteiger partial charge in [0.25, 0.3) is 0 Å². The molecule has 1 saturated heterocycles. The molecular weight excluding hydrogens is 362 g/mol. The van der Waals surface area contributed by atoms with E-state index in [9.17, 15) is 5.11 Å². The highest BCUT2D eigenvalue weighted by Crippen LogP contribution is 2.35. The molecule has 29 heavy (non-hydrogen) atoms. The van der Waals surface area contributed by atoms with Gasteiger partial charge in [-0.2, -0.15) is 0 Å². The van der Waals surface area contributed by atoms with E-state index in [0.29, 0.717) is 18.3 Å². The fourth-order valence-corrected chi connectivity index (χ4v) is 3.94. The first-order chi connectivity index (χ1) is 14.3. The van der Waals surface area contributed by atoms with Crippen molar-refractivity contribution in [2.75, 3.05) is 18.8 Å². The molecule has 0 radical (unpaired) electrons. The van der Waals surface area contributed by atoms with Crippen molar-refractivity contribution >= 4 is 5.82 Å². The van der Waals surface area contributed by atoms with E-state index in [1.54, 1.807) is 0 Å². The molecule has 2 aromatic carbocycles. The summed E-state index contributed by atoms with van der Waals surface area (Å²) in [5.74, 6) is 1.49. The second-order valence-corrected chi connectivity index (χ2v) is 7.43. The standard InChI is InChI=1S/C24H27N3O2/c25-24-21(15-28)20(18-9-6-12-26-14-18)13-22(27-24)19-10-4-5-11-23(19)29-16-17-7-2-1-3-8-17/h1-5,7-8,10-11,13,18,26,28H,6,9,12,14-16H2,(H2,25,27). The second-order valence-electron chi connectivity index (χ2n) is 7.43. The lowest BCUT2D eigenvalue weighted by atomic mass is 9.88. The molecule has 4 N–H and O–H groups in total. The molecule has 0 spiro atoms. The van der Waals surface area contributed by atoms with Crippen molar-refractivity contribution in [3.8, 4) is 17.0 Å². The first kappa shape index (κ1) is 19.4. The van der Waals surface area contributed by atoms with Crippen LogP contribution in [0.3, 0.4) is 0 Å². The van der Waals surface area contributed by atoms with Crippen LogP contribution in [0.25, 0.3) is 11.3 Å². The number of benzene rings is 2. The number of piperidine rings is 1. The van der Waals surface area contributed by atoms with Crippen LogP contribution in [0.4, 0.5) is 5.82 Å². The second kappa shape index (κ2) is 9.07. The average molecular weight is 389 g/mol. The van der Waals surface area contributed by atoms with Gasteiger partial charge in [0, 0.05) is 17.7 Å². The number of aromatic nitrogens is 1. The molecular formula is C24H27N3O2.